The van der Waals surface area contributed by atoms with Gasteiger partial charge in [-0.3, -0.25) is 4.79 Å². The highest BCUT2D eigenvalue weighted by molar-refractivity contribution is 5.79. The molecule has 2 unspecified atom stereocenters. The van der Waals surface area contributed by atoms with Crippen molar-refractivity contribution in [3.63, 3.8) is 0 Å². The molecule has 0 N–H and O–H groups in total. The number of hydrogen-bond donors (Lipinski definition) is 0. The van der Waals surface area contributed by atoms with Crippen molar-refractivity contribution in [3.8, 4) is 0 Å². The number of hydrogen-bond acceptors (Lipinski definition) is 1. The number of carbonyl (C=O) groups is 1. The standard InChI is InChI=1S/C11H18O/c1-7-5-9(3)11(10(4)12)6-8(7)2/h9,11H,5-6H2,1-4H3. The van der Waals surface area contributed by atoms with Crippen molar-refractivity contribution in [2.45, 2.75) is 40.5 Å². The quantitative estimate of drug-likeness (QED) is 0.547. The third-order valence-electron chi connectivity index (χ3n) is 3.09. The van der Waals surface area contributed by atoms with Crippen LogP contribution in [0.15, 0.2) is 11.1 Å². The van der Waals surface area contributed by atoms with Gasteiger partial charge in [0.2, 0.25) is 0 Å². The highest BCUT2D eigenvalue weighted by Crippen LogP contribution is 2.33. The van der Waals surface area contributed by atoms with Crippen LogP contribution in [0, 0.1) is 11.8 Å². The summed E-state index contributed by atoms with van der Waals surface area (Å²) in [6, 6.07) is 0. The molecule has 1 heteroatoms. The van der Waals surface area contributed by atoms with E-state index in [1.807, 2.05) is 0 Å². The Morgan fingerprint density at radius 3 is 2.25 bits per heavy atom. The number of carbonyl (C=O) groups excluding carboxylic acids is 1. The number of ketones is 1. The first kappa shape index (κ1) is 9.50. The molecule has 0 bridgehead atoms. The average Bonchev–Trinajstić information content (AvgIpc) is 1.96. The fraction of sp³-hybridized carbons (Fsp3) is 0.727. The zero-order valence-electron chi connectivity index (χ0n) is 8.48. The summed E-state index contributed by atoms with van der Waals surface area (Å²) in [5, 5.41) is 0. The average molecular weight is 166 g/mol. The Kier molecular flexibility index (Phi) is 2.71. The molecule has 0 amide bonds. The molecule has 0 saturated carbocycles. The predicted molar refractivity (Wildman–Crippen MR) is 50.9 cm³/mol. The minimum Gasteiger partial charge on any atom is -0.300 e. The molecule has 0 heterocycles. The summed E-state index contributed by atoms with van der Waals surface area (Å²) >= 11 is 0. The van der Waals surface area contributed by atoms with Crippen LogP contribution < -0.4 is 0 Å². The summed E-state index contributed by atoms with van der Waals surface area (Å²) in [6.07, 6.45) is 2.10. The summed E-state index contributed by atoms with van der Waals surface area (Å²) in [5.41, 5.74) is 2.91. The second-order valence-electron chi connectivity index (χ2n) is 4.16. The van der Waals surface area contributed by atoms with Gasteiger partial charge in [0.15, 0.2) is 0 Å². The zero-order chi connectivity index (χ0) is 9.30. The molecule has 68 valence electrons. The predicted octanol–water partition coefficient (Wildman–Crippen LogP) is 2.96. The van der Waals surface area contributed by atoms with Crippen LogP contribution in [0.1, 0.15) is 40.5 Å². The van der Waals surface area contributed by atoms with E-state index in [-0.39, 0.29) is 5.92 Å². The Hall–Kier alpha value is -0.590. The second kappa shape index (κ2) is 3.42. The minimum absolute atomic E-state index is 0.286. The SMILES string of the molecule is CC(=O)C1CC(C)=C(C)CC1C. The van der Waals surface area contributed by atoms with E-state index in [4.69, 9.17) is 0 Å². The van der Waals surface area contributed by atoms with E-state index in [1.165, 1.54) is 11.1 Å². The van der Waals surface area contributed by atoms with Gasteiger partial charge in [0.1, 0.15) is 5.78 Å². The highest BCUT2D eigenvalue weighted by Gasteiger charge is 2.26. The molecule has 1 nitrogen and oxygen atoms in total. The van der Waals surface area contributed by atoms with Crippen LogP contribution >= 0.6 is 0 Å². The van der Waals surface area contributed by atoms with E-state index >= 15 is 0 Å². The molecular weight excluding hydrogens is 148 g/mol. The summed E-state index contributed by atoms with van der Waals surface area (Å²) in [6.45, 7) is 8.23. The molecule has 0 saturated heterocycles. The van der Waals surface area contributed by atoms with E-state index in [2.05, 4.69) is 20.8 Å². The Morgan fingerprint density at radius 2 is 1.75 bits per heavy atom. The first-order valence-corrected chi connectivity index (χ1v) is 4.68. The van der Waals surface area contributed by atoms with Crippen molar-refractivity contribution in [1.29, 1.82) is 0 Å². The molecule has 0 aromatic rings. The number of rotatable bonds is 1. The molecule has 0 aromatic carbocycles. The van der Waals surface area contributed by atoms with Gasteiger partial charge in [-0.2, -0.15) is 0 Å². The normalized spacial score (nSPS) is 30.7. The van der Waals surface area contributed by atoms with Gasteiger partial charge in [-0.05, 0) is 39.5 Å². The van der Waals surface area contributed by atoms with E-state index in [9.17, 15) is 4.79 Å². The van der Waals surface area contributed by atoms with Crippen molar-refractivity contribution in [2.24, 2.45) is 11.8 Å². The minimum atomic E-state index is 0.286. The van der Waals surface area contributed by atoms with Crippen molar-refractivity contribution in [3.05, 3.63) is 11.1 Å². The molecule has 0 fully saturated rings. The van der Waals surface area contributed by atoms with Gasteiger partial charge in [-0.25, -0.2) is 0 Å². The largest absolute Gasteiger partial charge is 0.300 e. The fourth-order valence-corrected chi connectivity index (χ4v) is 2.05. The summed E-state index contributed by atoms with van der Waals surface area (Å²) < 4.78 is 0. The van der Waals surface area contributed by atoms with E-state index in [0.29, 0.717) is 11.7 Å². The van der Waals surface area contributed by atoms with Gasteiger partial charge in [0, 0.05) is 5.92 Å². The lowest BCUT2D eigenvalue weighted by atomic mass is 9.76. The molecular formula is C11H18O. The zero-order valence-corrected chi connectivity index (χ0v) is 8.48. The van der Waals surface area contributed by atoms with Gasteiger partial charge >= 0.3 is 0 Å². The smallest absolute Gasteiger partial charge is 0.133 e. The fourth-order valence-electron chi connectivity index (χ4n) is 2.05. The van der Waals surface area contributed by atoms with Gasteiger partial charge in [0.05, 0.1) is 0 Å². The van der Waals surface area contributed by atoms with Crippen LogP contribution in [0.25, 0.3) is 0 Å². The van der Waals surface area contributed by atoms with Crippen molar-refractivity contribution in [2.75, 3.05) is 0 Å². The molecule has 0 radical (unpaired) electrons. The van der Waals surface area contributed by atoms with Crippen LogP contribution in [0.4, 0.5) is 0 Å². The monoisotopic (exact) mass is 166 g/mol. The van der Waals surface area contributed by atoms with Gasteiger partial charge in [-0.1, -0.05) is 18.1 Å². The van der Waals surface area contributed by atoms with Gasteiger partial charge < -0.3 is 0 Å². The lowest BCUT2D eigenvalue weighted by Gasteiger charge is -2.28. The Morgan fingerprint density at radius 1 is 1.25 bits per heavy atom. The maximum atomic E-state index is 11.2. The second-order valence-corrected chi connectivity index (χ2v) is 4.16. The van der Waals surface area contributed by atoms with Gasteiger partial charge in [-0.15, -0.1) is 0 Å². The summed E-state index contributed by atoms with van der Waals surface area (Å²) in [4.78, 5) is 11.2. The van der Waals surface area contributed by atoms with Crippen LogP contribution in [0.2, 0.25) is 0 Å². The summed E-state index contributed by atoms with van der Waals surface area (Å²) in [5.74, 6) is 1.19. The molecule has 1 aliphatic carbocycles. The maximum absolute atomic E-state index is 11.2. The molecule has 2 atom stereocenters. The van der Waals surface area contributed by atoms with Crippen molar-refractivity contribution >= 4 is 5.78 Å². The highest BCUT2D eigenvalue weighted by atomic mass is 16.1. The third-order valence-corrected chi connectivity index (χ3v) is 3.09. The van der Waals surface area contributed by atoms with Crippen molar-refractivity contribution in [1.82, 2.24) is 0 Å². The first-order chi connectivity index (χ1) is 5.52. The van der Waals surface area contributed by atoms with E-state index in [0.717, 1.165) is 12.8 Å². The lowest BCUT2D eigenvalue weighted by molar-refractivity contribution is -0.122. The lowest BCUT2D eigenvalue weighted by Crippen LogP contribution is -2.24. The molecule has 0 aliphatic heterocycles. The molecule has 1 rings (SSSR count). The Bertz CT molecular complexity index is 225. The van der Waals surface area contributed by atoms with Crippen LogP contribution in [0.5, 0.6) is 0 Å². The number of allylic oxidation sites excluding steroid dienone is 2. The molecule has 12 heavy (non-hydrogen) atoms. The molecule has 0 aromatic heterocycles. The number of Topliss-reactive ketones (excluding diaryl/α,β-unsaturated/α-hetero) is 1. The Balaban J connectivity index is 2.79. The molecule has 1 aliphatic rings. The third kappa shape index (κ3) is 1.77. The maximum Gasteiger partial charge on any atom is 0.133 e. The van der Waals surface area contributed by atoms with Gasteiger partial charge in [0.25, 0.3) is 0 Å². The topological polar surface area (TPSA) is 17.1 Å². The van der Waals surface area contributed by atoms with Crippen molar-refractivity contribution < 1.29 is 4.79 Å². The first-order valence-electron chi connectivity index (χ1n) is 4.68. The van der Waals surface area contributed by atoms with Crippen LogP contribution in [0.3, 0.4) is 0 Å². The van der Waals surface area contributed by atoms with Crippen LogP contribution in [-0.2, 0) is 4.79 Å². The van der Waals surface area contributed by atoms with Crippen LogP contribution in [-0.4, -0.2) is 5.78 Å². The van der Waals surface area contributed by atoms with E-state index in [1.54, 1.807) is 6.92 Å². The van der Waals surface area contributed by atoms with E-state index < -0.39 is 0 Å². The molecule has 0 spiro atoms. The summed E-state index contributed by atoms with van der Waals surface area (Å²) in [7, 11) is 0. The Labute approximate surface area is 74.9 Å².